The number of methoxy groups -OCH3 is 2. The van der Waals surface area contributed by atoms with Crippen molar-refractivity contribution in [1.29, 1.82) is 0 Å². The smallest absolute Gasteiger partial charge is 0.255 e. The monoisotopic (exact) mass is 361 g/mol. The maximum absolute atomic E-state index is 12.5. The molecule has 1 N–H and O–H groups in total. The normalized spacial score (nSPS) is 10.1. The van der Waals surface area contributed by atoms with E-state index >= 15 is 0 Å². The van der Waals surface area contributed by atoms with E-state index in [1.807, 2.05) is 18.2 Å². The third-order valence-corrected chi connectivity index (χ3v) is 4.05. The number of rotatable bonds is 6. The first kappa shape index (κ1) is 18.2. The van der Waals surface area contributed by atoms with Gasteiger partial charge in [-0.2, -0.15) is 0 Å². The predicted molar refractivity (Wildman–Crippen MR) is 104 cm³/mol. The van der Waals surface area contributed by atoms with Crippen LogP contribution in [-0.4, -0.2) is 25.9 Å². The summed E-state index contributed by atoms with van der Waals surface area (Å²) in [6.07, 6.45) is 0. The zero-order valence-corrected chi connectivity index (χ0v) is 15.1. The van der Waals surface area contributed by atoms with Gasteiger partial charge in [0.1, 0.15) is 11.5 Å². The second kappa shape index (κ2) is 8.19. The summed E-state index contributed by atoms with van der Waals surface area (Å²) in [6, 6.07) is 20.7. The molecule has 1 amide bonds. The molecule has 0 radical (unpaired) electrons. The van der Waals surface area contributed by atoms with Gasteiger partial charge in [-0.25, -0.2) is 0 Å². The van der Waals surface area contributed by atoms with Gasteiger partial charge in [0.05, 0.1) is 14.2 Å². The summed E-state index contributed by atoms with van der Waals surface area (Å²) >= 11 is 0. The van der Waals surface area contributed by atoms with E-state index in [1.165, 1.54) is 0 Å². The molecule has 27 heavy (non-hydrogen) atoms. The van der Waals surface area contributed by atoms with E-state index in [9.17, 15) is 9.59 Å². The molecular weight excluding hydrogens is 342 g/mol. The molecule has 0 fully saturated rings. The number of hydrogen-bond donors (Lipinski definition) is 1. The van der Waals surface area contributed by atoms with Crippen molar-refractivity contribution >= 4 is 17.4 Å². The van der Waals surface area contributed by atoms with Gasteiger partial charge in [-0.05, 0) is 12.1 Å². The number of ether oxygens (including phenoxy) is 2. The van der Waals surface area contributed by atoms with Crippen LogP contribution in [0.25, 0.3) is 0 Å². The zero-order chi connectivity index (χ0) is 19.2. The molecule has 0 saturated carbocycles. The number of anilines is 1. The quantitative estimate of drug-likeness (QED) is 0.669. The Hall–Kier alpha value is -3.60. The van der Waals surface area contributed by atoms with E-state index in [1.54, 1.807) is 68.8 Å². The number of carbonyl (C=O) groups is 2. The Morgan fingerprint density at radius 3 is 1.78 bits per heavy atom. The van der Waals surface area contributed by atoms with Crippen LogP contribution in [0.15, 0.2) is 72.8 Å². The molecule has 0 unspecified atom stereocenters. The maximum atomic E-state index is 12.5. The molecule has 3 aromatic carbocycles. The van der Waals surface area contributed by atoms with Crippen LogP contribution in [0.3, 0.4) is 0 Å². The summed E-state index contributed by atoms with van der Waals surface area (Å²) in [4.78, 5) is 24.9. The molecule has 3 aromatic rings. The number of nitrogens with one attached hydrogen (secondary N) is 1. The van der Waals surface area contributed by atoms with Gasteiger partial charge in [0.25, 0.3) is 5.91 Å². The first-order valence-corrected chi connectivity index (χ1v) is 8.35. The number of amides is 1. The first-order chi connectivity index (χ1) is 13.1. The zero-order valence-electron chi connectivity index (χ0n) is 15.1. The highest BCUT2D eigenvalue weighted by atomic mass is 16.5. The minimum absolute atomic E-state index is 0.0832. The van der Waals surface area contributed by atoms with Gasteiger partial charge in [-0.15, -0.1) is 0 Å². The molecule has 0 heterocycles. The Morgan fingerprint density at radius 2 is 1.22 bits per heavy atom. The van der Waals surface area contributed by atoms with Crippen LogP contribution < -0.4 is 14.8 Å². The highest BCUT2D eigenvalue weighted by molar-refractivity contribution is 6.10. The van der Waals surface area contributed by atoms with Crippen molar-refractivity contribution in [2.45, 2.75) is 0 Å². The third-order valence-electron chi connectivity index (χ3n) is 4.05. The molecule has 0 aliphatic rings. The molecular formula is C22H19NO4. The van der Waals surface area contributed by atoms with Crippen molar-refractivity contribution < 1.29 is 19.1 Å². The molecule has 3 rings (SSSR count). The van der Waals surface area contributed by atoms with Crippen molar-refractivity contribution in [3.63, 3.8) is 0 Å². The fourth-order valence-electron chi connectivity index (χ4n) is 2.61. The first-order valence-electron chi connectivity index (χ1n) is 8.35. The summed E-state index contributed by atoms with van der Waals surface area (Å²) in [6.45, 7) is 0. The average Bonchev–Trinajstić information content (AvgIpc) is 2.73. The van der Waals surface area contributed by atoms with Crippen molar-refractivity contribution in [2.24, 2.45) is 0 Å². The molecule has 5 heteroatoms. The van der Waals surface area contributed by atoms with Gasteiger partial charge in [0, 0.05) is 40.6 Å². The summed E-state index contributed by atoms with van der Waals surface area (Å²) < 4.78 is 10.4. The Labute approximate surface area is 157 Å². The van der Waals surface area contributed by atoms with Crippen LogP contribution in [0, 0.1) is 0 Å². The second-order valence-corrected chi connectivity index (χ2v) is 5.83. The second-order valence-electron chi connectivity index (χ2n) is 5.83. The molecule has 136 valence electrons. The fourth-order valence-corrected chi connectivity index (χ4v) is 2.61. The summed E-state index contributed by atoms with van der Waals surface area (Å²) in [7, 11) is 3.09. The van der Waals surface area contributed by atoms with Gasteiger partial charge in [0.2, 0.25) is 0 Å². The Balaban J connectivity index is 1.75. The highest BCUT2D eigenvalue weighted by Gasteiger charge is 2.12. The lowest BCUT2D eigenvalue weighted by Crippen LogP contribution is -2.12. The average molecular weight is 361 g/mol. The van der Waals surface area contributed by atoms with Crippen molar-refractivity contribution in [3.8, 4) is 11.5 Å². The number of hydrogen-bond acceptors (Lipinski definition) is 4. The van der Waals surface area contributed by atoms with E-state index in [0.717, 1.165) is 0 Å². The summed E-state index contributed by atoms with van der Waals surface area (Å²) in [5.74, 6) is 0.783. The maximum Gasteiger partial charge on any atom is 0.255 e. The van der Waals surface area contributed by atoms with Crippen LogP contribution in [0.1, 0.15) is 26.3 Å². The molecule has 0 bridgehead atoms. The lowest BCUT2D eigenvalue weighted by molar-refractivity contribution is 0.102. The minimum Gasteiger partial charge on any atom is -0.497 e. The Kier molecular flexibility index (Phi) is 5.52. The van der Waals surface area contributed by atoms with E-state index in [2.05, 4.69) is 5.32 Å². The number of benzene rings is 3. The van der Waals surface area contributed by atoms with E-state index in [0.29, 0.717) is 33.9 Å². The van der Waals surface area contributed by atoms with Gasteiger partial charge in [-0.1, -0.05) is 42.5 Å². The van der Waals surface area contributed by atoms with Crippen molar-refractivity contribution in [3.05, 3.63) is 89.5 Å². The van der Waals surface area contributed by atoms with Gasteiger partial charge in [0.15, 0.2) is 5.78 Å². The van der Waals surface area contributed by atoms with E-state index < -0.39 is 0 Å². The Morgan fingerprint density at radius 1 is 0.704 bits per heavy atom. The topological polar surface area (TPSA) is 64.6 Å². The van der Waals surface area contributed by atoms with E-state index in [-0.39, 0.29) is 11.7 Å². The van der Waals surface area contributed by atoms with Crippen LogP contribution in [0.5, 0.6) is 11.5 Å². The minimum atomic E-state index is -0.288. The molecule has 0 spiro atoms. The van der Waals surface area contributed by atoms with Gasteiger partial charge in [-0.3, -0.25) is 9.59 Å². The number of ketones is 1. The lowest BCUT2D eigenvalue weighted by Gasteiger charge is -2.10. The van der Waals surface area contributed by atoms with Gasteiger partial charge < -0.3 is 14.8 Å². The number of carbonyl (C=O) groups excluding carboxylic acids is 2. The van der Waals surface area contributed by atoms with Crippen molar-refractivity contribution in [1.82, 2.24) is 0 Å². The van der Waals surface area contributed by atoms with Crippen LogP contribution in [0.2, 0.25) is 0 Å². The summed E-state index contributed by atoms with van der Waals surface area (Å²) in [5.41, 5.74) is 2.14. The van der Waals surface area contributed by atoms with Crippen LogP contribution in [0.4, 0.5) is 5.69 Å². The largest absolute Gasteiger partial charge is 0.497 e. The predicted octanol–water partition coefficient (Wildman–Crippen LogP) is 4.19. The SMILES string of the molecule is COc1cc(NC(=O)c2ccc(C(=O)c3ccccc3)cc2)cc(OC)c1. The fraction of sp³-hybridized carbons (Fsp3) is 0.0909. The molecule has 0 aliphatic heterocycles. The summed E-state index contributed by atoms with van der Waals surface area (Å²) in [5, 5.41) is 2.80. The third kappa shape index (κ3) is 4.33. The van der Waals surface area contributed by atoms with Crippen LogP contribution in [-0.2, 0) is 0 Å². The molecule has 0 aliphatic carbocycles. The van der Waals surface area contributed by atoms with Crippen LogP contribution >= 0.6 is 0 Å². The van der Waals surface area contributed by atoms with E-state index in [4.69, 9.17) is 9.47 Å². The highest BCUT2D eigenvalue weighted by Crippen LogP contribution is 2.26. The molecule has 0 atom stereocenters. The van der Waals surface area contributed by atoms with Crippen molar-refractivity contribution in [2.75, 3.05) is 19.5 Å². The Bertz CT molecular complexity index is 928. The molecule has 5 nitrogen and oxygen atoms in total. The van der Waals surface area contributed by atoms with Gasteiger partial charge >= 0.3 is 0 Å². The molecule has 0 aromatic heterocycles. The standard InChI is InChI=1S/C22H19NO4/c1-26-19-12-18(13-20(14-19)27-2)23-22(25)17-10-8-16(9-11-17)21(24)15-6-4-3-5-7-15/h3-14H,1-2H3,(H,23,25). The molecule has 0 saturated heterocycles. The lowest BCUT2D eigenvalue weighted by atomic mass is 10.0.